The number of nitrogens with zero attached hydrogens (tertiary/aromatic N) is 1. The zero-order valence-corrected chi connectivity index (χ0v) is 12.7. The Bertz CT molecular complexity index is 243. The van der Waals surface area contributed by atoms with Crippen molar-refractivity contribution in [2.45, 2.75) is 76.8 Å². The van der Waals surface area contributed by atoms with E-state index in [4.69, 9.17) is 0 Å². The van der Waals surface area contributed by atoms with Crippen LogP contribution in [0, 0.1) is 5.92 Å². The summed E-state index contributed by atoms with van der Waals surface area (Å²) < 4.78 is 0. The molecule has 2 rings (SSSR count). The van der Waals surface area contributed by atoms with Crippen LogP contribution in [-0.4, -0.2) is 36.6 Å². The fourth-order valence-corrected chi connectivity index (χ4v) is 3.84. The highest BCUT2D eigenvalue weighted by molar-refractivity contribution is 4.98. The van der Waals surface area contributed by atoms with Gasteiger partial charge in [0.2, 0.25) is 0 Å². The third-order valence-corrected chi connectivity index (χ3v) is 5.69. The van der Waals surface area contributed by atoms with Gasteiger partial charge in [0.15, 0.2) is 0 Å². The summed E-state index contributed by atoms with van der Waals surface area (Å²) in [6, 6.07) is 0.672. The Kier molecular flexibility index (Phi) is 5.08. The van der Waals surface area contributed by atoms with Crippen molar-refractivity contribution < 1.29 is 0 Å². The lowest BCUT2D eigenvalue weighted by Crippen LogP contribution is -2.60. The minimum atomic E-state index is 0.366. The van der Waals surface area contributed by atoms with Crippen molar-refractivity contribution in [2.75, 3.05) is 20.1 Å². The molecule has 0 radical (unpaired) electrons. The second kappa shape index (κ2) is 6.38. The van der Waals surface area contributed by atoms with Gasteiger partial charge in [-0.15, -0.1) is 0 Å². The van der Waals surface area contributed by atoms with Crippen molar-refractivity contribution in [3.63, 3.8) is 0 Å². The van der Waals surface area contributed by atoms with Gasteiger partial charge in [-0.05, 0) is 58.7 Å². The van der Waals surface area contributed by atoms with Gasteiger partial charge in [0, 0.05) is 11.6 Å². The fourth-order valence-electron chi connectivity index (χ4n) is 3.84. The van der Waals surface area contributed by atoms with E-state index in [0.29, 0.717) is 11.6 Å². The Hall–Kier alpha value is -0.0800. The summed E-state index contributed by atoms with van der Waals surface area (Å²) in [5.41, 5.74) is 0.366. The highest BCUT2D eigenvalue weighted by Crippen LogP contribution is 2.36. The maximum Gasteiger partial charge on any atom is 0.0331 e. The van der Waals surface area contributed by atoms with E-state index in [2.05, 4.69) is 31.1 Å². The van der Waals surface area contributed by atoms with Gasteiger partial charge in [-0.1, -0.05) is 32.6 Å². The van der Waals surface area contributed by atoms with E-state index in [0.717, 1.165) is 5.92 Å². The standard InChI is InChI=1S/C16H32N2/c1-4-16(2,18-11-6-5-7-12-18)15(17-3)13-14-9-8-10-14/h14-15,17H,4-13H2,1-3H3. The second-order valence-electron chi connectivity index (χ2n) is 6.63. The van der Waals surface area contributed by atoms with Crippen LogP contribution in [-0.2, 0) is 0 Å². The molecule has 0 amide bonds. The van der Waals surface area contributed by atoms with Gasteiger partial charge < -0.3 is 5.32 Å². The van der Waals surface area contributed by atoms with E-state index in [1.807, 2.05) is 0 Å². The number of hydrogen-bond acceptors (Lipinski definition) is 2. The van der Waals surface area contributed by atoms with Crippen LogP contribution in [0.25, 0.3) is 0 Å². The van der Waals surface area contributed by atoms with E-state index < -0.39 is 0 Å². The van der Waals surface area contributed by atoms with Crippen molar-refractivity contribution in [2.24, 2.45) is 5.92 Å². The van der Waals surface area contributed by atoms with Crippen molar-refractivity contribution in [3.8, 4) is 0 Å². The smallest absolute Gasteiger partial charge is 0.0331 e. The molecule has 2 nitrogen and oxygen atoms in total. The van der Waals surface area contributed by atoms with Gasteiger partial charge >= 0.3 is 0 Å². The maximum absolute atomic E-state index is 3.65. The molecule has 1 saturated heterocycles. The molecule has 0 bridgehead atoms. The highest BCUT2D eigenvalue weighted by atomic mass is 15.2. The van der Waals surface area contributed by atoms with Gasteiger partial charge in [0.05, 0.1) is 0 Å². The first-order chi connectivity index (χ1) is 8.70. The van der Waals surface area contributed by atoms with Crippen molar-refractivity contribution in [3.05, 3.63) is 0 Å². The zero-order chi connectivity index (χ0) is 13.0. The largest absolute Gasteiger partial charge is 0.315 e. The average molecular weight is 252 g/mol. The molecule has 1 aliphatic carbocycles. The normalized spacial score (nSPS) is 27.5. The Balaban J connectivity index is 2.01. The van der Waals surface area contributed by atoms with E-state index >= 15 is 0 Å². The van der Waals surface area contributed by atoms with Crippen LogP contribution < -0.4 is 5.32 Å². The summed E-state index contributed by atoms with van der Waals surface area (Å²) in [6.45, 7) is 7.50. The predicted molar refractivity (Wildman–Crippen MR) is 78.9 cm³/mol. The minimum absolute atomic E-state index is 0.366. The number of nitrogens with one attached hydrogen (secondary N) is 1. The maximum atomic E-state index is 3.65. The molecule has 0 spiro atoms. The molecule has 2 heteroatoms. The van der Waals surface area contributed by atoms with Crippen molar-refractivity contribution in [1.82, 2.24) is 10.2 Å². The van der Waals surface area contributed by atoms with Crippen molar-refractivity contribution >= 4 is 0 Å². The number of hydrogen-bond donors (Lipinski definition) is 1. The fraction of sp³-hybridized carbons (Fsp3) is 1.00. The highest BCUT2D eigenvalue weighted by Gasteiger charge is 2.39. The molecule has 1 aliphatic heterocycles. The third kappa shape index (κ3) is 2.91. The van der Waals surface area contributed by atoms with Crippen LogP contribution in [0.5, 0.6) is 0 Å². The van der Waals surface area contributed by atoms with Crippen LogP contribution in [0.15, 0.2) is 0 Å². The average Bonchev–Trinajstić information content (AvgIpc) is 2.38. The Labute approximate surface area is 114 Å². The number of likely N-dealkylation sites (N-methyl/N-ethyl adjacent to an activating group) is 1. The number of likely N-dealkylation sites (tertiary alicyclic amines) is 1. The van der Waals surface area contributed by atoms with Gasteiger partial charge in [-0.25, -0.2) is 0 Å². The number of rotatable bonds is 6. The first-order valence-electron chi connectivity index (χ1n) is 8.13. The Morgan fingerprint density at radius 2 is 1.83 bits per heavy atom. The van der Waals surface area contributed by atoms with Crippen LogP contribution in [0.4, 0.5) is 0 Å². The lowest BCUT2D eigenvalue weighted by molar-refractivity contribution is 0.0325. The first kappa shape index (κ1) is 14.3. The Morgan fingerprint density at radius 1 is 1.17 bits per heavy atom. The van der Waals surface area contributed by atoms with Gasteiger partial charge in [-0.3, -0.25) is 4.90 Å². The topological polar surface area (TPSA) is 15.3 Å². The summed E-state index contributed by atoms with van der Waals surface area (Å²) in [5, 5.41) is 3.65. The molecular weight excluding hydrogens is 220 g/mol. The Morgan fingerprint density at radius 3 is 2.28 bits per heavy atom. The van der Waals surface area contributed by atoms with E-state index in [9.17, 15) is 0 Å². The van der Waals surface area contributed by atoms with Crippen LogP contribution in [0.2, 0.25) is 0 Å². The first-order valence-corrected chi connectivity index (χ1v) is 8.13. The van der Waals surface area contributed by atoms with Gasteiger partial charge in [0.25, 0.3) is 0 Å². The monoisotopic (exact) mass is 252 g/mol. The summed E-state index contributed by atoms with van der Waals surface area (Å²) in [7, 11) is 2.17. The molecule has 2 atom stereocenters. The molecule has 18 heavy (non-hydrogen) atoms. The van der Waals surface area contributed by atoms with Crippen LogP contribution in [0.3, 0.4) is 0 Å². The lowest BCUT2D eigenvalue weighted by Gasteiger charge is -2.49. The summed E-state index contributed by atoms with van der Waals surface area (Å²) in [6.07, 6.45) is 11.3. The molecule has 1 heterocycles. The molecule has 2 fully saturated rings. The molecule has 1 N–H and O–H groups in total. The quantitative estimate of drug-likeness (QED) is 0.779. The van der Waals surface area contributed by atoms with E-state index in [1.54, 1.807) is 0 Å². The van der Waals surface area contributed by atoms with Crippen molar-refractivity contribution in [1.29, 1.82) is 0 Å². The van der Waals surface area contributed by atoms with E-state index in [-0.39, 0.29) is 0 Å². The molecule has 2 unspecified atom stereocenters. The summed E-state index contributed by atoms with van der Waals surface area (Å²) >= 11 is 0. The lowest BCUT2D eigenvalue weighted by atomic mass is 9.74. The minimum Gasteiger partial charge on any atom is -0.315 e. The molecule has 106 valence electrons. The molecule has 0 aromatic heterocycles. The molecule has 0 aromatic carbocycles. The van der Waals surface area contributed by atoms with Crippen LogP contribution >= 0.6 is 0 Å². The summed E-state index contributed by atoms with van der Waals surface area (Å²) in [5.74, 6) is 0.998. The SMILES string of the molecule is CCC(C)(C(CC1CCC1)NC)N1CCCCC1. The van der Waals surface area contributed by atoms with Crippen LogP contribution in [0.1, 0.15) is 65.2 Å². The summed E-state index contributed by atoms with van der Waals surface area (Å²) in [4.78, 5) is 2.77. The number of piperidine rings is 1. The molecule has 1 saturated carbocycles. The molecule has 0 aromatic rings. The predicted octanol–water partition coefficient (Wildman–Crippen LogP) is 3.42. The molecular formula is C16H32N2. The second-order valence-corrected chi connectivity index (χ2v) is 6.63. The third-order valence-electron chi connectivity index (χ3n) is 5.69. The van der Waals surface area contributed by atoms with Gasteiger partial charge in [-0.2, -0.15) is 0 Å². The van der Waals surface area contributed by atoms with E-state index in [1.165, 1.54) is 64.5 Å². The van der Waals surface area contributed by atoms with Gasteiger partial charge in [0.1, 0.15) is 0 Å². The zero-order valence-electron chi connectivity index (χ0n) is 12.7. The molecule has 2 aliphatic rings.